The summed E-state index contributed by atoms with van der Waals surface area (Å²) in [5, 5.41) is 11.0. The number of amides is 1. The third-order valence-electron chi connectivity index (χ3n) is 6.64. The normalized spacial score (nSPS) is 13.9. The monoisotopic (exact) mass is 480 g/mol. The van der Waals surface area contributed by atoms with E-state index in [2.05, 4.69) is 20.4 Å². The molecule has 0 unspecified atom stereocenters. The van der Waals surface area contributed by atoms with Crippen molar-refractivity contribution in [3.8, 4) is 11.3 Å². The molecule has 0 saturated carbocycles. The average molecular weight is 481 g/mol. The minimum atomic E-state index is -0.294. The highest BCUT2D eigenvalue weighted by Crippen LogP contribution is 2.32. The van der Waals surface area contributed by atoms with Crippen LogP contribution >= 0.6 is 0 Å². The summed E-state index contributed by atoms with van der Waals surface area (Å²) in [6.07, 6.45) is 5.19. The highest BCUT2D eigenvalue weighted by atomic mass is 19.1. The molecule has 7 nitrogen and oxygen atoms in total. The fraction of sp³-hybridized carbons (Fsp3) is 0.214. The summed E-state index contributed by atoms with van der Waals surface area (Å²) in [5.41, 5.74) is 5.27. The molecule has 0 spiro atoms. The van der Waals surface area contributed by atoms with Crippen LogP contribution in [0.1, 0.15) is 35.2 Å². The van der Waals surface area contributed by atoms with E-state index in [0.29, 0.717) is 23.3 Å². The average Bonchev–Trinajstić information content (AvgIpc) is 3.40. The summed E-state index contributed by atoms with van der Waals surface area (Å²) in [6.45, 7) is 2.23. The Balaban J connectivity index is 1.31. The lowest BCUT2D eigenvalue weighted by atomic mass is 10.1. The second kappa shape index (κ2) is 9.37. The Labute approximate surface area is 207 Å². The van der Waals surface area contributed by atoms with E-state index in [1.165, 1.54) is 18.6 Å². The van der Waals surface area contributed by atoms with Crippen LogP contribution in [0.3, 0.4) is 0 Å². The quantitative estimate of drug-likeness (QED) is 0.360. The Morgan fingerprint density at radius 3 is 2.61 bits per heavy atom. The minimum absolute atomic E-state index is 0.188. The fourth-order valence-electron chi connectivity index (χ4n) is 4.69. The predicted octanol–water partition coefficient (Wildman–Crippen LogP) is 5.23. The molecule has 2 aromatic heterocycles. The van der Waals surface area contributed by atoms with Gasteiger partial charge < -0.3 is 10.2 Å². The Hall–Kier alpha value is -4.33. The number of nitrogens with one attached hydrogen (secondary N) is 2. The van der Waals surface area contributed by atoms with Gasteiger partial charge in [-0.25, -0.2) is 14.4 Å². The van der Waals surface area contributed by atoms with Crippen molar-refractivity contribution in [2.45, 2.75) is 25.8 Å². The zero-order chi connectivity index (χ0) is 24.5. The van der Waals surface area contributed by atoms with Crippen molar-refractivity contribution < 1.29 is 9.18 Å². The third-order valence-corrected chi connectivity index (χ3v) is 6.64. The summed E-state index contributed by atoms with van der Waals surface area (Å²) in [4.78, 5) is 25.1. The molecule has 180 valence electrons. The zero-order valence-corrected chi connectivity index (χ0v) is 19.7. The standard InChI is InChI=1S/C28H25FN6O/c29-22-9-6-19(7-10-22)26-27(35-12-2-1-3-13-35)33-23-11-8-20(15-25(23)32-26)28(36)30-16-18-4-5-21-17-31-34-24(21)14-18/h4-11,14-15,17H,1-3,12-13,16H2,(H,30,36)(H,31,34). The van der Waals surface area contributed by atoms with Crippen molar-refractivity contribution >= 4 is 33.7 Å². The van der Waals surface area contributed by atoms with Gasteiger partial charge in [-0.1, -0.05) is 12.1 Å². The number of hydrogen-bond donors (Lipinski definition) is 2. The Kier molecular flexibility index (Phi) is 5.77. The lowest BCUT2D eigenvalue weighted by Crippen LogP contribution is -2.31. The molecular weight excluding hydrogens is 455 g/mol. The molecule has 36 heavy (non-hydrogen) atoms. The largest absolute Gasteiger partial charge is 0.355 e. The maximum atomic E-state index is 13.6. The van der Waals surface area contributed by atoms with E-state index >= 15 is 0 Å². The van der Waals surface area contributed by atoms with Gasteiger partial charge in [0.2, 0.25) is 0 Å². The van der Waals surface area contributed by atoms with Gasteiger partial charge in [0.1, 0.15) is 11.5 Å². The highest BCUT2D eigenvalue weighted by molar-refractivity contribution is 5.98. The minimum Gasteiger partial charge on any atom is -0.355 e. The van der Waals surface area contributed by atoms with Gasteiger partial charge in [-0.05, 0) is 73.4 Å². The topological polar surface area (TPSA) is 86.8 Å². The second-order valence-electron chi connectivity index (χ2n) is 9.13. The van der Waals surface area contributed by atoms with Crippen molar-refractivity contribution in [1.29, 1.82) is 0 Å². The highest BCUT2D eigenvalue weighted by Gasteiger charge is 2.20. The number of halogens is 1. The van der Waals surface area contributed by atoms with Gasteiger partial charge >= 0.3 is 0 Å². The summed E-state index contributed by atoms with van der Waals surface area (Å²) in [5.74, 6) is 0.324. The van der Waals surface area contributed by atoms with E-state index in [9.17, 15) is 9.18 Å². The van der Waals surface area contributed by atoms with Crippen LogP contribution < -0.4 is 10.2 Å². The molecule has 0 atom stereocenters. The van der Waals surface area contributed by atoms with Crippen molar-refractivity contribution in [2.24, 2.45) is 0 Å². The molecule has 0 bridgehead atoms. The van der Waals surface area contributed by atoms with Crippen molar-refractivity contribution in [3.63, 3.8) is 0 Å². The summed E-state index contributed by atoms with van der Waals surface area (Å²) in [7, 11) is 0. The van der Waals surface area contributed by atoms with Crippen LogP contribution in [0.2, 0.25) is 0 Å². The first-order valence-corrected chi connectivity index (χ1v) is 12.2. The van der Waals surface area contributed by atoms with E-state index in [1.54, 1.807) is 30.5 Å². The number of anilines is 1. The number of carbonyl (C=O) groups is 1. The van der Waals surface area contributed by atoms with Crippen molar-refractivity contribution in [2.75, 3.05) is 18.0 Å². The molecule has 3 aromatic carbocycles. The second-order valence-corrected chi connectivity index (χ2v) is 9.13. The molecular formula is C28H25FN6O. The first kappa shape index (κ1) is 22.2. The number of benzene rings is 3. The number of rotatable bonds is 5. The van der Waals surface area contributed by atoms with E-state index in [4.69, 9.17) is 9.97 Å². The van der Waals surface area contributed by atoms with Crippen LogP contribution in [0, 0.1) is 5.82 Å². The number of hydrogen-bond acceptors (Lipinski definition) is 5. The summed E-state index contributed by atoms with van der Waals surface area (Å²) in [6, 6.07) is 17.6. The lowest BCUT2D eigenvalue weighted by Gasteiger charge is -2.29. The number of fused-ring (bicyclic) bond motifs is 2. The molecule has 8 heteroatoms. The van der Waals surface area contributed by atoms with Crippen LogP contribution in [-0.2, 0) is 6.54 Å². The maximum absolute atomic E-state index is 13.6. The van der Waals surface area contributed by atoms with Gasteiger partial charge in [0.15, 0.2) is 5.82 Å². The van der Waals surface area contributed by atoms with Crippen molar-refractivity contribution in [3.05, 3.63) is 83.8 Å². The third kappa shape index (κ3) is 4.37. The lowest BCUT2D eigenvalue weighted by molar-refractivity contribution is 0.0951. The SMILES string of the molecule is O=C(NCc1ccc2cn[nH]c2c1)c1ccc2nc(N3CCCCC3)c(-c3ccc(F)cc3)nc2c1. The van der Waals surface area contributed by atoms with Gasteiger partial charge in [-0.3, -0.25) is 9.89 Å². The molecule has 5 aromatic rings. The van der Waals surface area contributed by atoms with Gasteiger partial charge in [-0.2, -0.15) is 5.10 Å². The van der Waals surface area contributed by atoms with Gasteiger partial charge in [-0.15, -0.1) is 0 Å². The molecule has 1 aliphatic rings. The number of carbonyl (C=O) groups excluding carboxylic acids is 1. The van der Waals surface area contributed by atoms with Gasteiger partial charge in [0.25, 0.3) is 5.91 Å². The van der Waals surface area contributed by atoms with E-state index in [0.717, 1.165) is 59.3 Å². The Morgan fingerprint density at radius 2 is 1.78 bits per heavy atom. The molecule has 6 rings (SSSR count). The number of piperidine rings is 1. The Bertz CT molecular complexity index is 1560. The van der Waals surface area contributed by atoms with Crippen LogP contribution in [0.15, 0.2) is 66.9 Å². The number of H-pyrrole nitrogens is 1. The van der Waals surface area contributed by atoms with E-state index in [-0.39, 0.29) is 11.7 Å². The maximum Gasteiger partial charge on any atom is 0.251 e. The van der Waals surface area contributed by atoms with Gasteiger partial charge in [0.05, 0.1) is 22.7 Å². The smallest absolute Gasteiger partial charge is 0.251 e. The molecule has 2 N–H and O–H groups in total. The molecule has 1 aliphatic heterocycles. The first-order chi connectivity index (χ1) is 17.6. The summed E-state index contributed by atoms with van der Waals surface area (Å²) >= 11 is 0. The van der Waals surface area contributed by atoms with Crippen molar-refractivity contribution in [1.82, 2.24) is 25.5 Å². The van der Waals surface area contributed by atoms with E-state index < -0.39 is 0 Å². The fourth-order valence-corrected chi connectivity index (χ4v) is 4.69. The molecule has 1 amide bonds. The molecule has 0 aliphatic carbocycles. The molecule has 1 saturated heterocycles. The van der Waals surface area contributed by atoms with Crippen LogP contribution in [0.5, 0.6) is 0 Å². The number of aromatic amines is 1. The number of aromatic nitrogens is 4. The van der Waals surface area contributed by atoms with Gasteiger partial charge in [0, 0.05) is 36.1 Å². The van der Waals surface area contributed by atoms with Crippen LogP contribution in [0.4, 0.5) is 10.2 Å². The molecule has 3 heterocycles. The predicted molar refractivity (Wildman–Crippen MR) is 138 cm³/mol. The van der Waals surface area contributed by atoms with Crippen LogP contribution in [-0.4, -0.2) is 39.2 Å². The van der Waals surface area contributed by atoms with Crippen LogP contribution in [0.25, 0.3) is 33.2 Å². The molecule has 0 radical (unpaired) electrons. The Morgan fingerprint density at radius 1 is 0.944 bits per heavy atom. The zero-order valence-electron chi connectivity index (χ0n) is 19.7. The number of nitrogens with zero attached hydrogens (tertiary/aromatic N) is 4. The van der Waals surface area contributed by atoms with E-state index in [1.807, 2.05) is 24.3 Å². The molecule has 1 fully saturated rings. The summed E-state index contributed by atoms with van der Waals surface area (Å²) < 4.78 is 13.6. The first-order valence-electron chi connectivity index (χ1n) is 12.2.